The molecular formula is C16H19F2N3O3. The molecule has 1 heterocycles. The summed E-state index contributed by atoms with van der Waals surface area (Å²) in [4.78, 5) is 37.1. The Hall–Kier alpha value is -2.51. The average molecular weight is 339 g/mol. The highest BCUT2D eigenvalue weighted by Crippen LogP contribution is 2.25. The number of carbonyl (C=O) groups excluding carboxylic acids is 3. The van der Waals surface area contributed by atoms with E-state index >= 15 is 0 Å². The molecule has 2 rings (SSSR count). The number of nitrogens with one attached hydrogen (secondary N) is 2. The molecule has 1 aliphatic rings. The Morgan fingerprint density at radius 3 is 2.42 bits per heavy atom. The molecule has 24 heavy (non-hydrogen) atoms. The number of halogens is 2. The molecule has 1 aromatic rings. The fraction of sp³-hybridized carbons (Fsp3) is 0.438. The van der Waals surface area contributed by atoms with E-state index in [2.05, 4.69) is 10.6 Å². The van der Waals surface area contributed by atoms with Gasteiger partial charge in [-0.25, -0.2) is 13.6 Å². The van der Waals surface area contributed by atoms with E-state index in [0.29, 0.717) is 6.42 Å². The van der Waals surface area contributed by atoms with Crippen LogP contribution in [0.1, 0.15) is 27.2 Å². The number of nitrogens with zero attached hydrogens (tertiary/aromatic N) is 1. The third-order valence-corrected chi connectivity index (χ3v) is 3.69. The van der Waals surface area contributed by atoms with Crippen LogP contribution in [0.2, 0.25) is 0 Å². The van der Waals surface area contributed by atoms with Crippen LogP contribution in [0, 0.1) is 17.6 Å². The minimum Gasteiger partial charge on any atom is -0.323 e. The summed E-state index contributed by atoms with van der Waals surface area (Å²) < 4.78 is 27.1. The SMILES string of the molecule is CC(C)C[C@@]1(C)NC(=O)N(CC(=O)Nc2c(F)cccc2F)C1=O. The largest absolute Gasteiger partial charge is 0.325 e. The normalized spacial score (nSPS) is 20.5. The van der Waals surface area contributed by atoms with Gasteiger partial charge >= 0.3 is 6.03 Å². The highest BCUT2D eigenvalue weighted by molar-refractivity contribution is 6.09. The second-order valence-corrected chi connectivity index (χ2v) is 6.40. The summed E-state index contributed by atoms with van der Waals surface area (Å²) in [5.74, 6) is -3.13. The summed E-state index contributed by atoms with van der Waals surface area (Å²) in [6.07, 6.45) is 0.414. The van der Waals surface area contributed by atoms with Crippen molar-refractivity contribution in [1.29, 1.82) is 0 Å². The number of hydrogen-bond acceptors (Lipinski definition) is 3. The second kappa shape index (κ2) is 6.54. The first-order valence-corrected chi connectivity index (χ1v) is 7.52. The third-order valence-electron chi connectivity index (χ3n) is 3.69. The fourth-order valence-electron chi connectivity index (χ4n) is 2.79. The Morgan fingerprint density at radius 1 is 1.29 bits per heavy atom. The number of carbonyl (C=O) groups is 3. The number of para-hydroxylation sites is 1. The molecule has 1 aliphatic heterocycles. The van der Waals surface area contributed by atoms with Gasteiger partial charge in [-0.15, -0.1) is 0 Å². The van der Waals surface area contributed by atoms with Crippen molar-refractivity contribution in [3.05, 3.63) is 29.8 Å². The standard InChI is InChI=1S/C16H19F2N3O3/c1-9(2)7-16(3)14(23)21(15(24)20-16)8-12(22)19-13-10(17)5-4-6-11(13)18/h4-6,9H,7-8H2,1-3H3,(H,19,22)(H,20,24)/t16-/m1/s1. The highest BCUT2D eigenvalue weighted by Gasteiger charge is 2.48. The van der Waals surface area contributed by atoms with E-state index in [1.807, 2.05) is 13.8 Å². The summed E-state index contributed by atoms with van der Waals surface area (Å²) in [6.45, 7) is 4.77. The molecule has 1 saturated heterocycles. The maximum atomic E-state index is 13.5. The molecule has 0 bridgehead atoms. The van der Waals surface area contributed by atoms with Crippen molar-refractivity contribution in [3.8, 4) is 0 Å². The minimum atomic E-state index is -1.09. The van der Waals surface area contributed by atoms with E-state index in [4.69, 9.17) is 0 Å². The zero-order valence-electron chi connectivity index (χ0n) is 13.7. The van der Waals surface area contributed by atoms with Crippen LogP contribution >= 0.6 is 0 Å². The molecule has 1 atom stereocenters. The van der Waals surface area contributed by atoms with Crippen molar-refractivity contribution in [2.24, 2.45) is 5.92 Å². The molecule has 0 radical (unpaired) electrons. The summed E-state index contributed by atoms with van der Waals surface area (Å²) in [5, 5.41) is 4.61. The maximum absolute atomic E-state index is 13.5. The van der Waals surface area contributed by atoms with Crippen molar-refractivity contribution in [3.63, 3.8) is 0 Å². The van der Waals surface area contributed by atoms with E-state index in [0.717, 1.165) is 23.1 Å². The zero-order chi connectivity index (χ0) is 18.1. The molecule has 0 spiro atoms. The topological polar surface area (TPSA) is 78.5 Å². The molecule has 0 aliphatic carbocycles. The van der Waals surface area contributed by atoms with Crippen molar-refractivity contribution in [2.45, 2.75) is 32.7 Å². The van der Waals surface area contributed by atoms with E-state index in [9.17, 15) is 23.2 Å². The number of hydrogen-bond donors (Lipinski definition) is 2. The van der Waals surface area contributed by atoms with Crippen molar-refractivity contribution < 1.29 is 23.2 Å². The molecule has 6 nitrogen and oxygen atoms in total. The van der Waals surface area contributed by atoms with Gasteiger partial charge in [-0.2, -0.15) is 0 Å². The van der Waals surface area contributed by atoms with Gasteiger partial charge in [0.05, 0.1) is 0 Å². The molecule has 4 amide bonds. The lowest BCUT2D eigenvalue weighted by molar-refractivity contribution is -0.133. The van der Waals surface area contributed by atoms with Crippen molar-refractivity contribution in [2.75, 3.05) is 11.9 Å². The Bertz CT molecular complexity index is 673. The first-order chi connectivity index (χ1) is 11.1. The lowest BCUT2D eigenvalue weighted by atomic mass is 9.91. The Labute approximate surface area is 138 Å². The van der Waals surface area contributed by atoms with E-state index in [-0.39, 0.29) is 5.92 Å². The average Bonchev–Trinajstić information content (AvgIpc) is 2.65. The predicted molar refractivity (Wildman–Crippen MR) is 83.1 cm³/mol. The molecule has 0 unspecified atom stereocenters. The quantitative estimate of drug-likeness (QED) is 0.808. The van der Waals surface area contributed by atoms with Crippen LogP contribution in [0.25, 0.3) is 0 Å². The molecule has 2 N–H and O–H groups in total. The Morgan fingerprint density at radius 2 is 1.88 bits per heavy atom. The van der Waals surface area contributed by atoms with Crippen LogP contribution < -0.4 is 10.6 Å². The Kier molecular flexibility index (Phi) is 4.86. The number of urea groups is 1. The van der Waals surface area contributed by atoms with E-state index in [1.54, 1.807) is 6.92 Å². The maximum Gasteiger partial charge on any atom is 0.325 e. The van der Waals surface area contributed by atoms with Gasteiger partial charge in [0.15, 0.2) is 0 Å². The predicted octanol–water partition coefficient (Wildman–Crippen LogP) is 2.26. The van der Waals surface area contributed by atoms with Gasteiger partial charge in [-0.05, 0) is 31.4 Å². The van der Waals surface area contributed by atoms with Gasteiger partial charge in [0.1, 0.15) is 29.4 Å². The summed E-state index contributed by atoms with van der Waals surface area (Å²) in [7, 11) is 0. The number of benzene rings is 1. The van der Waals surface area contributed by atoms with Crippen LogP contribution in [0.3, 0.4) is 0 Å². The van der Waals surface area contributed by atoms with Gasteiger partial charge < -0.3 is 10.6 Å². The van der Waals surface area contributed by atoms with E-state index in [1.165, 1.54) is 0 Å². The Balaban J connectivity index is 2.09. The van der Waals surface area contributed by atoms with Gasteiger partial charge in [0.2, 0.25) is 5.91 Å². The number of anilines is 1. The lowest BCUT2D eigenvalue weighted by Gasteiger charge is -2.23. The molecular weight excluding hydrogens is 320 g/mol. The van der Waals surface area contributed by atoms with Crippen molar-refractivity contribution in [1.82, 2.24) is 10.2 Å². The molecule has 0 aromatic heterocycles. The van der Waals surface area contributed by atoms with E-state index < -0.39 is 47.3 Å². The minimum absolute atomic E-state index is 0.153. The molecule has 1 fully saturated rings. The first-order valence-electron chi connectivity index (χ1n) is 7.52. The molecule has 0 saturated carbocycles. The lowest BCUT2D eigenvalue weighted by Crippen LogP contribution is -2.45. The van der Waals surface area contributed by atoms with Crippen LogP contribution in [-0.2, 0) is 9.59 Å². The smallest absolute Gasteiger partial charge is 0.323 e. The van der Waals surface area contributed by atoms with Crippen molar-refractivity contribution >= 4 is 23.5 Å². The summed E-state index contributed by atoms with van der Waals surface area (Å²) >= 11 is 0. The van der Waals surface area contributed by atoms with Crippen LogP contribution in [0.5, 0.6) is 0 Å². The summed E-state index contributed by atoms with van der Waals surface area (Å²) in [5.41, 5.74) is -1.70. The third kappa shape index (κ3) is 3.52. The first kappa shape index (κ1) is 17.8. The van der Waals surface area contributed by atoms with Crippen LogP contribution in [0.4, 0.5) is 19.3 Å². The van der Waals surface area contributed by atoms with Crippen LogP contribution in [0.15, 0.2) is 18.2 Å². The monoisotopic (exact) mass is 339 g/mol. The highest BCUT2D eigenvalue weighted by atomic mass is 19.1. The molecule has 8 heteroatoms. The summed E-state index contributed by atoms with van der Waals surface area (Å²) in [6, 6.07) is 2.44. The van der Waals surface area contributed by atoms with Gasteiger partial charge in [-0.1, -0.05) is 19.9 Å². The van der Waals surface area contributed by atoms with Gasteiger partial charge in [0.25, 0.3) is 5.91 Å². The fourth-order valence-corrected chi connectivity index (χ4v) is 2.79. The number of amides is 4. The van der Waals surface area contributed by atoms with Crippen LogP contribution in [-0.4, -0.2) is 34.8 Å². The van der Waals surface area contributed by atoms with Gasteiger partial charge in [0, 0.05) is 0 Å². The second-order valence-electron chi connectivity index (χ2n) is 6.40. The van der Waals surface area contributed by atoms with Gasteiger partial charge in [-0.3, -0.25) is 14.5 Å². The zero-order valence-corrected chi connectivity index (χ0v) is 13.7. The molecule has 130 valence electrons. The number of imide groups is 1. The molecule has 1 aromatic carbocycles. The number of rotatable bonds is 5.